The first-order valence-electron chi connectivity index (χ1n) is 6.74. The number of hydrogen-bond acceptors (Lipinski definition) is 7. The Kier molecular flexibility index (Phi) is 3.93. The van der Waals surface area contributed by atoms with Crippen molar-refractivity contribution in [2.45, 2.75) is 11.8 Å². The molecule has 0 fully saturated rings. The van der Waals surface area contributed by atoms with E-state index in [0.29, 0.717) is 16.0 Å². The first-order valence-corrected chi connectivity index (χ1v) is 9.04. The third-order valence-corrected chi connectivity index (χ3v) is 5.63. The summed E-state index contributed by atoms with van der Waals surface area (Å²) in [5, 5.41) is 0. The third-order valence-electron chi connectivity index (χ3n) is 3.31. The molecule has 0 atom stereocenters. The summed E-state index contributed by atoms with van der Waals surface area (Å²) >= 11 is 0.936. The molecule has 0 aliphatic rings. The minimum absolute atomic E-state index is 0.0449. The molecule has 0 radical (unpaired) electrons. The number of amides is 1. The molecule has 3 rings (SSSR count). The van der Waals surface area contributed by atoms with Crippen LogP contribution < -0.4 is 9.60 Å². The van der Waals surface area contributed by atoms with Crippen LogP contribution in [0.5, 0.6) is 0 Å². The first-order chi connectivity index (χ1) is 11.3. The molecule has 0 bridgehead atoms. The van der Waals surface area contributed by atoms with Gasteiger partial charge in [-0.05, 0) is 31.2 Å². The van der Waals surface area contributed by atoms with Crippen molar-refractivity contribution in [1.29, 1.82) is 0 Å². The number of nitrogens with zero attached hydrogens (tertiary/aromatic N) is 3. The van der Waals surface area contributed by atoms with E-state index < -0.39 is 15.9 Å². The van der Waals surface area contributed by atoms with Crippen LogP contribution in [0.4, 0.5) is 0 Å². The second-order valence-electron chi connectivity index (χ2n) is 4.98. The van der Waals surface area contributed by atoms with Crippen molar-refractivity contribution in [3.05, 3.63) is 51.6 Å². The molecule has 2 aromatic heterocycles. The second kappa shape index (κ2) is 5.80. The molecule has 0 aliphatic carbocycles. The number of aromatic nitrogens is 3. The number of fused-ring (bicyclic) bond motifs is 1. The topological polar surface area (TPSA) is 111 Å². The van der Waals surface area contributed by atoms with Gasteiger partial charge in [0.25, 0.3) is 15.9 Å². The zero-order valence-electron chi connectivity index (χ0n) is 12.7. The highest BCUT2D eigenvalue weighted by atomic mass is 32.2. The molecule has 0 saturated heterocycles. The lowest BCUT2D eigenvalue weighted by molar-refractivity contribution is 0.0976. The number of aryl methyl sites for hydroxylation is 2. The lowest BCUT2D eigenvalue weighted by Gasteiger charge is -2.07. The van der Waals surface area contributed by atoms with E-state index in [1.54, 1.807) is 14.0 Å². The van der Waals surface area contributed by atoms with Crippen molar-refractivity contribution in [2.75, 3.05) is 0 Å². The Morgan fingerprint density at radius 1 is 1.29 bits per heavy atom. The van der Waals surface area contributed by atoms with E-state index in [0.717, 1.165) is 11.3 Å². The van der Waals surface area contributed by atoms with E-state index >= 15 is 0 Å². The monoisotopic (exact) mass is 364 g/mol. The molecule has 8 nitrogen and oxygen atoms in total. The largest absolute Gasteiger partial charge is 0.307 e. The Morgan fingerprint density at radius 3 is 2.75 bits per heavy atom. The van der Waals surface area contributed by atoms with Crippen molar-refractivity contribution >= 4 is 37.5 Å². The number of hydrogen-bond donors (Lipinski definition) is 1. The molecular formula is C14H12N4O4S2. The SMILES string of the molecule is Cc1nccc(C(=O)NS(=O)(=O)c2ccc3c(c2)sc(=O)n3C)n1. The van der Waals surface area contributed by atoms with Gasteiger partial charge in [-0.25, -0.2) is 23.1 Å². The van der Waals surface area contributed by atoms with Crippen molar-refractivity contribution < 1.29 is 13.2 Å². The van der Waals surface area contributed by atoms with Crippen LogP contribution in [-0.2, 0) is 17.1 Å². The Morgan fingerprint density at radius 2 is 2.04 bits per heavy atom. The highest BCUT2D eigenvalue weighted by Gasteiger charge is 2.21. The average Bonchev–Trinajstić information content (AvgIpc) is 2.81. The fourth-order valence-corrected chi connectivity index (χ4v) is 4.08. The van der Waals surface area contributed by atoms with Crippen LogP contribution in [0.25, 0.3) is 10.2 Å². The maximum Gasteiger partial charge on any atom is 0.307 e. The number of sulfonamides is 1. The van der Waals surface area contributed by atoms with Gasteiger partial charge in [0.1, 0.15) is 11.5 Å². The first kappa shape index (κ1) is 16.3. The summed E-state index contributed by atoms with van der Waals surface area (Å²) < 4.78 is 28.7. The second-order valence-corrected chi connectivity index (χ2v) is 7.66. The molecule has 124 valence electrons. The Hall–Kier alpha value is -2.59. The molecule has 0 aliphatic heterocycles. The number of benzene rings is 1. The minimum Gasteiger partial charge on any atom is -0.302 e. The van der Waals surface area contributed by atoms with Crippen LogP contribution in [0.1, 0.15) is 16.3 Å². The van der Waals surface area contributed by atoms with Crippen LogP contribution in [0.2, 0.25) is 0 Å². The zero-order chi connectivity index (χ0) is 17.5. The summed E-state index contributed by atoms with van der Waals surface area (Å²) in [6.07, 6.45) is 1.37. The van der Waals surface area contributed by atoms with Crippen molar-refractivity contribution in [3.63, 3.8) is 0 Å². The van der Waals surface area contributed by atoms with Gasteiger partial charge in [-0.2, -0.15) is 0 Å². The summed E-state index contributed by atoms with van der Waals surface area (Å²) in [6, 6.07) is 5.56. The summed E-state index contributed by atoms with van der Waals surface area (Å²) in [6.45, 7) is 1.59. The van der Waals surface area contributed by atoms with Crippen molar-refractivity contribution in [2.24, 2.45) is 7.05 Å². The summed E-state index contributed by atoms with van der Waals surface area (Å²) in [5.74, 6) is -0.489. The highest BCUT2D eigenvalue weighted by Crippen LogP contribution is 2.21. The van der Waals surface area contributed by atoms with Gasteiger partial charge in [-0.3, -0.25) is 9.59 Å². The van der Waals surface area contributed by atoms with Gasteiger partial charge >= 0.3 is 4.87 Å². The fraction of sp³-hybridized carbons (Fsp3) is 0.143. The number of thiazole rings is 1. The molecule has 0 unspecified atom stereocenters. The van der Waals surface area contributed by atoms with Gasteiger partial charge in [0, 0.05) is 13.2 Å². The number of carbonyl (C=O) groups is 1. The van der Waals surface area contributed by atoms with E-state index in [4.69, 9.17) is 0 Å². The van der Waals surface area contributed by atoms with E-state index in [2.05, 4.69) is 9.97 Å². The van der Waals surface area contributed by atoms with Crippen LogP contribution in [0.15, 0.2) is 40.2 Å². The van der Waals surface area contributed by atoms with Gasteiger partial charge in [0.05, 0.1) is 15.1 Å². The lowest BCUT2D eigenvalue weighted by atomic mass is 10.3. The van der Waals surface area contributed by atoms with E-state index in [1.807, 2.05) is 4.72 Å². The lowest BCUT2D eigenvalue weighted by Crippen LogP contribution is -2.31. The summed E-state index contributed by atoms with van der Waals surface area (Å²) in [4.78, 5) is 31.2. The van der Waals surface area contributed by atoms with Crippen molar-refractivity contribution in [1.82, 2.24) is 19.3 Å². The number of carbonyl (C=O) groups excluding carboxylic acids is 1. The van der Waals surface area contributed by atoms with Crippen LogP contribution in [-0.4, -0.2) is 28.9 Å². The number of rotatable bonds is 3. The summed E-state index contributed by atoms with van der Waals surface area (Å²) in [7, 11) is -2.47. The van der Waals surface area contributed by atoms with Gasteiger partial charge < -0.3 is 4.57 Å². The van der Waals surface area contributed by atoms with Gasteiger partial charge in [-0.15, -0.1) is 0 Å². The standard InChI is InChI=1S/C14H12N4O4S2/c1-8-15-6-5-10(16-8)13(19)17-24(21,22)9-3-4-11-12(7-9)23-14(20)18(11)2/h3-7H,1-2H3,(H,17,19). The molecular weight excluding hydrogens is 352 g/mol. The zero-order valence-corrected chi connectivity index (χ0v) is 14.3. The molecule has 2 heterocycles. The Bertz CT molecular complexity index is 1120. The smallest absolute Gasteiger partial charge is 0.302 e. The van der Waals surface area contributed by atoms with Crippen molar-refractivity contribution in [3.8, 4) is 0 Å². The maximum absolute atomic E-state index is 12.4. The molecule has 3 aromatic rings. The molecule has 24 heavy (non-hydrogen) atoms. The number of nitrogens with one attached hydrogen (secondary N) is 1. The quantitative estimate of drug-likeness (QED) is 0.736. The normalized spacial score (nSPS) is 11.6. The van der Waals surface area contributed by atoms with E-state index in [-0.39, 0.29) is 15.5 Å². The average molecular weight is 364 g/mol. The molecule has 0 saturated carbocycles. The minimum atomic E-state index is -4.08. The molecule has 1 amide bonds. The van der Waals surface area contributed by atoms with Crippen LogP contribution in [0.3, 0.4) is 0 Å². The van der Waals surface area contributed by atoms with Gasteiger partial charge in [0.2, 0.25) is 0 Å². The highest BCUT2D eigenvalue weighted by molar-refractivity contribution is 7.90. The molecule has 1 aromatic carbocycles. The third kappa shape index (κ3) is 2.93. The maximum atomic E-state index is 12.4. The predicted molar refractivity (Wildman–Crippen MR) is 88.5 cm³/mol. The Labute approximate surface area is 140 Å². The van der Waals surface area contributed by atoms with Crippen LogP contribution >= 0.6 is 11.3 Å². The van der Waals surface area contributed by atoms with Gasteiger partial charge in [0.15, 0.2) is 0 Å². The van der Waals surface area contributed by atoms with Crippen LogP contribution in [0, 0.1) is 6.92 Å². The Balaban J connectivity index is 1.95. The molecule has 0 spiro atoms. The fourth-order valence-electron chi connectivity index (χ4n) is 2.10. The molecule has 1 N–H and O–H groups in total. The summed E-state index contributed by atoms with van der Waals surface area (Å²) in [5.41, 5.74) is 0.582. The van der Waals surface area contributed by atoms with E-state index in [1.165, 1.54) is 35.0 Å². The van der Waals surface area contributed by atoms with E-state index in [9.17, 15) is 18.0 Å². The van der Waals surface area contributed by atoms with Gasteiger partial charge in [-0.1, -0.05) is 11.3 Å². The predicted octanol–water partition coefficient (Wildman–Crippen LogP) is 0.817. The molecule has 10 heteroatoms.